The molecule has 0 N–H and O–H groups in total. The summed E-state index contributed by atoms with van der Waals surface area (Å²) in [6, 6.07) is 0. The van der Waals surface area contributed by atoms with Crippen LogP contribution in [0, 0.1) is 11.8 Å². The van der Waals surface area contributed by atoms with Gasteiger partial charge in [-0.15, -0.1) is 0 Å². The van der Waals surface area contributed by atoms with E-state index in [2.05, 4.69) is 5.10 Å². The molecule has 1 saturated carbocycles. The van der Waals surface area contributed by atoms with Gasteiger partial charge in [0.15, 0.2) is 5.67 Å². The molecule has 22 heavy (non-hydrogen) atoms. The molecule has 0 bridgehead atoms. The van der Waals surface area contributed by atoms with Crippen LogP contribution in [0.5, 0.6) is 0 Å². The molecule has 7 heteroatoms. The van der Waals surface area contributed by atoms with Gasteiger partial charge in [0, 0.05) is 38.8 Å². The van der Waals surface area contributed by atoms with Crippen LogP contribution in [-0.2, 0) is 16.6 Å². The maximum atomic E-state index is 14.3. The Morgan fingerprint density at radius 2 is 2.14 bits per heavy atom. The van der Waals surface area contributed by atoms with Gasteiger partial charge in [0.1, 0.15) is 0 Å². The van der Waals surface area contributed by atoms with Crippen molar-refractivity contribution in [1.82, 2.24) is 14.7 Å². The quantitative estimate of drug-likeness (QED) is 0.809. The molecular formula is C15H19FN4O2. The molecule has 2 atom stereocenters. The minimum Gasteiger partial charge on any atom is -0.339 e. The van der Waals surface area contributed by atoms with E-state index < -0.39 is 11.6 Å². The van der Waals surface area contributed by atoms with Gasteiger partial charge in [-0.3, -0.25) is 14.3 Å². The maximum absolute atomic E-state index is 14.3. The number of carbonyl (C=O) groups is 2. The van der Waals surface area contributed by atoms with E-state index in [4.69, 9.17) is 0 Å². The van der Waals surface area contributed by atoms with Crippen molar-refractivity contribution in [2.24, 2.45) is 18.9 Å². The Morgan fingerprint density at radius 3 is 2.68 bits per heavy atom. The lowest BCUT2D eigenvalue weighted by molar-refractivity contribution is -0.149. The zero-order valence-electron chi connectivity index (χ0n) is 12.5. The minimum atomic E-state index is -1.66. The van der Waals surface area contributed by atoms with E-state index in [1.54, 1.807) is 20.7 Å². The second-order valence-corrected chi connectivity index (χ2v) is 6.72. The summed E-state index contributed by atoms with van der Waals surface area (Å²) < 4.78 is 15.9. The number of alkyl halides is 1. The molecule has 2 amide bonds. The van der Waals surface area contributed by atoms with Crippen LogP contribution in [0.15, 0.2) is 12.4 Å². The molecule has 3 fully saturated rings. The molecule has 2 saturated heterocycles. The van der Waals surface area contributed by atoms with Gasteiger partial charge in [-0.25, -0.2) is 4.39 Å². The first kappa shape index (κ1) is 13.7. The van der Waals surface area contributed by atoms with Crippen LogP contribution < -0.4 is 4.90 Å². The standard InChI is InChI=1S/C15H19FN4O2/c1-18-8-11(5-17-18)20-7-10-6-19(9-12(10)13(20)21)14(22)15(16)3-2-4-15/h5,8,10,12H,2-4,6-7,9H2,1H3/t10-,12-/m0/s1. The van der Waals surface area contributed by atoms with Gasteiger partial charge in [-0.2, -0.15) is 5.10 Å². The van der Waals surface area contributed by atoms with E-state index in [9.17, 15) is 14.0 Å². The van der Waals surface area contributed by atoms with Crippen molar-refractivity contribution < 1.29 is 14.0 Å². The highest BCUT2D eigenvalue weighted by molar-refractivity contribution is 5.98. The number of aromatic nitrogens is 2. The normalized spacial score (nSPS) is 29.6. The van der Waals surface area contributed by atoms with Crippen LogP contribution in [0.3, 0.4) is 0 Å². The number of rotatable bonds is 2. The lowest BCUT2D eigenvalue weighted by Gasteiger charge is -2.36. The molecule has 3 aliphatic rings. The maximum Gasteiger partial charge on any atom is 0.260 e. The van der Waals surface area contributed by atoms with E-state index in [1.807, 2.05) is 13.2 Å². The molecule has 4 rings (SSSR count). The number of fused-ring (bicyclic) bond motifs is 1. The van der Waals surface area contributed by atoms with Gasteiger partial charge in [-0.05, 0) is 19.3 Å². The highest BCUT2D eigenvalue weighted by Crippen LogP contribution is 2.41. The Morgan fingerprint density at radius 1 is 1.36 bits per heavy atom. The summed E-state index contributed by atoms with van der Waals surface area (Å²) >= 11 is 0. The average molecular weight is 306 g/mol. The van der Waals surface area contributed by atoms with Gasteiger partial charge < -0.3 is 9.80 Å². The molecule has 1 aromatic heterocycles. The smallest absolute Gasteiger partial charge is 0.260 e. The zero-order valence-corrected chi connectivity index (χ0v) is 12.5. The summed E-state index contributed by atoms with van der Waals surface area (Å²) in [5.74, 6) is -0.489. The second kappa shape index (κ2) is 4.54. The zero-order chi connectivity index (χ0) is 15.5. The Balaban J connectivity index is 1.47. The van der Waals surface area contributed by atoms with Crippen molar-refractivity contribution in [1.29, 1.82) is 0 Å². The summed E-state index contributed by atoms with van der Waals surface area (Å²) in [7, 11) is 1.81. The highest BCUT2D eigenvalue weighted by atomic mass is 19.1. The number of halogens is 1. The molecule has 118 valence electrons. The van der Waals surface area contributed by atoms with Crippen molar-refractivity contribution in [3.8, 4) is 0 Å². The third kappa shape index (κ3) is 1.87. The number of anilines is 1. The summed E-state index contributed by atoms with van der Waals surface area (Å²) in [6.45, 7) is 1.42. The van der Waals surface area contributed by atoms with E-state index in [0.29, 0.717) is 32.5 Å². The van der Waals surface area contributed by atoms with Crippen LogP contribution in [0.4, 0.5) is 10.1 Å². The first-order valence-corrected chi connectivity index (χ1v) is 7.76. The third-order valence-corrected chi connectivity index (χ3v) is 5.26. The number of aryl methyl sites for hydroxylation is 1. The monoisotopic (exact) mass is 306 g/mol. The second-order valence-electron chi connectivity index (χ2n) is 6.72. The Labute approximate surface area is 127 Å². The fourth-order valence-electron chi connectivity index (χ4n) is 3.79. The first-order chi connectivity index (χ1) is 10.5. The fourth-order valence-corrected chi connectivity index (χ4v) is 3.79. The molecular weight excluding hydrogens is 287 g/mol. The number of carbonyl (C=O) groups excluding carboxylic acids is 2. The molecule has 1 aromatic rings. The third-order valence-electron chi connectivity index (χ3n) is 5.26. The molecule has 0 radical (unpaired) electrons. The number of hydrogen-bond acceptors (Lipinski definition) is 3. The Hall–Kier alpha value is -1.92. The number of hydrogen-bond donors (Lipinski definition) is 0. The summed E-state index contributed by atoms with van der Waals surface area (Å²) in [5.41, 5.74) is -0.870. The first-order valence-electron chi connectivity index (χ1n) is 7.76. The molecule has 6 nitrogen and oxygen atoms in total. The van der Waals surface area contributed by atoms with Crippen molar-refractivity contribution in [3.05, 3.63) is 12.4 Å². The van der Waals surface area contributed by atoms with Gasteiger partial charge in [0.25, 0.3) is 5.91 Å². The average Bonchev–Trinajstić information content (AvgIpc) is 3.12. The van der Waals surface area contributed by atoms with Gasteiger partial charge in [0.05, 0.1) is 17.8 Å². The van der Waals surface area contributed by atoms with Gasteiger partial charge in [-0.1, -0.05) is 0 Å². The van der Waals surface area contributed by atoms with Crippen molar-refractivity contribution in [3.63, 3.8) is 0 Å². The van der Waals surface area contributed by atoms with Gasteiger partial charge in [0.2, 0.25) is 5.91 Å². The minimum absolute atomic E-state index is 0.0230. The van der Waals surface area contributed by atoms with Crippen molar-refractivity contribution >= 4 is 17.5 Å². The predicted octanol–water partition coefficient (Wildman–Crippen LogP) is 0.733. The molecule has 0 aromatic carbocycles. The molecule has 0 unspecified atom stereocenters. The highest BCUT2D eigenvalue weighted by Gasteiger charge is 2.53. The summed E-state index contributed by atoms with van der Waals surface area (Å²) in [4.78, 5) is 28.1. The van der Waals surface area contributed by atoms with E-state index in [1.165, 1.54) is 0 Å². The van der Waals surface area contributed by atoms with Crippen LogP contribution in [0.1, 0.15) is 19.3 Å². The SMILES string of the molecule is Cn1cc(N2C[C@@H]3CN(C(=O)C4(F)CCC4)C[C@@H]3C2=O)cn1. The summed E-state index contributed by atoms with van der Waals surface area (Å²) in [5, 5.41) is 4.09. The van der Waals surface area contributed by atoms with Crippen molar-refractivity contribution in [2.75, 3.05) is 24.5 Å². The number of nitrogens with zero attached hydrogens (tertiary/aromatic N) is 4. The lowest BCUT2D eigenvalue weighted by atomic mass is 9.81. The predicted molar refractivity (Wildman–Crippen MR) is 76.8 cm³/mol. The number of amides is 2. The molecule has 1 aliphatic carbocycles. The number of likely N-dealkylation sites (tertiary alicyclic amines) is 1. The topological polar surface area (TPSA) is 58.4 Å². The fraction of sp³-hybridized carbons (Fsp3) is 0.667. The molecule has 2 aliphatic heterocycles. The van der Waals surface area contributed by atoms with Crippen molar-refractivity contribution in [2.45, 2.75) is 24.9 Å². The lowest BCUT2D eigenvalue weighted by Crippen LogP contribution is -2.50. The van der Waals surface area contributed by atoms with E-state index in [-0.39, 0.29) is 17.7 Å². The Kier molecular flexibility index (Phi) is 2.83. The Bertz CT molecular complexity index is 639. The summed E-state index contributed by atoms with van der Waals surface area (Å²) in [6.07, 6.45) is 4.91. The largest absolute Gasteiger partial charge is 0.339 e. The van der Waals surface area contributed by atoms with Crippen LogP contribution in [0.2, 0.25) is 0 Å². The van der Waals surface area contributed by atoms with E-state index >= 15 is 0 Å². The van der Waals surface area contributed by atoms with Crippen LogP contribution in [0.25, 0.3) is 0 Å². The molecule has 3 heterocycles. The van der Waals surface area contributed by atoms with Crippen LogP contribution >= 0.6 is 0 Å². The van der Waals surface area contributed by atoms with Gasteiger partial charge >= 0.3 is 0 Å². The molecule has 0 spiro atoms. The van der Waals surface area contributed by atoms with E-state index in [0.717, 1.165) is 12.1 Å². The van der Waals surface area contributed by atoms with Crippen LogP contribution in [-0.4, -0.2) is 51.8 Å².